The van der Waals surface area contributed by atoms with Crippen LogP contribution in [0.5, 0.6) is 0 Å². The Balaban J connectivity index is 1.90. The van der Waals surface area contributed by atoms with E-state index in [-0.39, 0.29) is 5.25 Å². The lowest BCUT2D eigenvalue weighted by Crippen LogP contribution is -2.27. The predicted octanol–water partition coefficient (Wildman–Crippen LogP) is 2.88. The smallest absolute Gasteiger partial charge is 0.307 e. The maximum atomic E-state index is 11.5. The third-order valence-electron chi connectivity index (χ3n) is 3.89. The summed E-state index contributed by atoms with van der Waals surface area (Å²) in [4.78, 5) is 15.5. The molecule has 4 nitrogen and oxygen atoms in total. The Bertz CT molecular complexity index is 461. The Kier molecular flexibility index (Phi) is 6.23. The van der Waals surface area contributed by atoms with Crippen molar-refractivity contribution < 1.29 is 9.90 Å². The lowest BCUT2D eigenvalue weighted by molar-refractivity contribution is -0.141. The molecule has 0 saturated carbocycles. The van der Waals surface area contributed by atoms with E-state index >= 15 is 0 Å². The number of thioether (sulfide) groups is 1. The van der Waals surface area contributed by atoms with E-state index in [2.05, 4.69) is 17.6 Å². The maximum Gasteiger partial charge on any atom is 0.307 e. The van der Waals surface area contributed by atoms with Crippen molar-refractivity contribution in [2.45, 2.75) is 42.6 Å². The minimum absolute atomic E-state index is 0.124. The molecule has 3 N–H and O–H groups in total. The van der Waals surface area contributed by atoms with Gasteiger partial charge < -0.3 is 10.8 Å². The highest BCUT2D eigenvalue weighted by molar-refractivity contribution is 8.00. The van der Waals surface area contributed by atoms with Crippen molar-refractivity contribution in [3.05, 3.63) is 23.9 Å². The average molecular weight is 326 g/mol. The van der Waals surface area contributed by atoms with Gasteiger partial charge in [0.25, 0.3) is 0 Å². The summed E-state index contributed by atoms with van der Waals surface area (Å²) in [5, 5.41) is 10.0. The Morgan fingerprint density at radius 1 is 1.57 bits per heavy atom. The number of nitrogens with two attached hydrogens (primary N) is 1. The summed E-state index contributed by atoms with van der Waals surface area (Å²) in [6.07, 6.45) is 6.55. The molecule has 6 heteroatoms. The third-order valence-corrected chi connectivity index (χ3v) is 5.98. The number of nitrogens with zero attached hydrogens (tertiary/aromatic N) is 1. The van der Waals surface area contributed by atoms with E-state index < -0.39 is 11.9 Å². The first-order chi connectivity index (χ1) is 10.1. The molecule has 2 heterocycles. The van der Waals surface area contributed by atoms with Gasteiger partial charge in [0.2, 0.25) is 0 Å². The molecule has 0 aliphatic carbocycles. The molecule has 1 fully saturated rings. The van der Waals surface area contributed by atoms with Crippen molar-refractivity contribution in [3.8, 4) is 0 Å². The molecule has 3 atom stereocenters. The van der Waals surface area contributed by atoms with E-state index in [1.807, 2.05) is 17.8 Å². The van der Waals surface area contributed by atoms with Crippen molar-refractivity contribution >= 4 is 36.2 Å². The second-order valence-electron chi connectivity index (χ2n) is 5.52. The predicted molar refractivity (Wildman–Crippen MR) is 91.0 cm³/mol. The quantitative estimate of drug-likeness (QED) is 0.672. The van der Waals surface area contributed by atoms with Gasteiger partial charge >= 0.3 is 5.97 Å². The monoisotopic (exact) mass is 326 g/mol. The first kappa shape index (κ1) is 16.5. The van der Waals surface area contributed by atoms with E-state index in [0.29, 0.717) is 17.5 Å². The first-order valence-electron chi connectivity index (χ1n) is 7.29. The Morgan fingerprint density at radius 3 is 2.95 bits per heavy atom. The minimum Gasteiger partial charge on any atom is -0.481 e. The van der Waals surface area contributed by atoms with Gasteiger partial charge in [-0.3, -0.25) is 4.79 Å². The van der Waals surface area contributed by atoms with Crippen molar-refractivity contribution in [2.24, 2.45) is 5.92 Å². The molecule has 1 aromatic rings. The molecule has 0 amide bonds. The van der Waals surface area contributed by atoms with Crippen LogP contribution in [0.25, 0.3) is 0 Å². The van der Waals surface area contributed by atoms with Crippen LogP contribution in [0, 0.1) is 5.92 Å². The van der Waals surface area contributed by atoms with E-state index in [9.17, 15) is 9.90 Å². The Morgan fingerprint density at radius 2 is 2.38 bits per heavy atom. The topological polar surface area (TPSA) is 76.2 Å². The van der Waals surface area contributed by atoms with Gasteiger partial charge in [-0.1, -0.05) is 6.07 Å². The summed E-state index contributed by atoms with van der Waals surface area (Å²) in [6, 6.07) is 3.54. The fraction of sp³-hybridized carbons (Fsp3) is 0.600. The number of nitrogen functional groups attached to an aromatic ring is 1. The van der Waals surface area contributed by atoms with E-state index in [1.165, 1.54) is 18.6 Å². The average Bonchev–Trinajstić information content (AvgIpc) is 2.97. The van der Waals surface area contributed by atoms with E-state index in [4.69, 9.17) is 5.73 Å². The number of anilines is 1. The maximum absolute atomic E-state index is 11.5. The zero-order chi connectivity index (χ0) is 15.2. The number of aliphatic carboxylic acids is 1. The Labute approximate surface area is 135 Å². The lowest BCUT2D eigenvalue weighted by atomic mass is 9.93. The molecular formula is C15H22N2O2S2. The van der Waals surface area contributed by atoms with E-state index in [0.717, 1.165) is 18.4 Å². The highest BCUT2D eigenvalue weighted by atomic mass is 32.2. The van der Waals surface area contributed by atoms with Crippen molar-refractivity contribution in [2.75, 3.05) is 11.5 Å². The lowest BCUT2D eigenvalue weighted by Gasteiger charge is -2.20. The van der Waals surface area contributed by atoms with Crippen molar-refractivity contribution in [1.82, 2.24) is 4.98 Å². The van der Waals surface area contributed by atoms with Gasteiger partial charge in [0, 0.05) is 16.7 Å². The number of pyridine rings is 1. The summed E-state index contributed by atoms with van der Waals surface area (Å²) >= 11 is 6.56. The number of rotatable bonds is 7. The minimum atomic E-state index is -0.786. The number of carbonyl (C=O) groups is 1. The number of hydrogen-bond acceptors (Lipinski definition) is 5. The molecule has 1 aromatic heterocycles. The molecule has 21 heavy (non-hydrogen) atoms. The molecule has 0 radical (unpaired) electrons. The number of aromatic nitrogens is 1. The summed E-state index contributed by atoms with van der Waals surface area (Å²) in [5.41, 5.74) is 6.44. The fourth-order valence-electron chi connectivity index (χ4n) is 2.63. The highest BCUT2D eigenvalue weighted by Crippen LogP contribution is 2.32. The SMILES string of the molecule is Nc1ccc(CC(C(=O)O)C(S)CCC2CCCS2)cn1. The number of thiol groups is 1. The van der Waals surface area contributed by atoms with Crippen LogP contribution in [-0.4, -0.2) is 32.3 Å². The zero-order valence-electron chi connectivity index (χ0n) is 11.9. The largest absolute Gasteiger partial charge is 0.481 e. The standard InChI is InChI=1S/C15H22N2O2S2/c16-14-6-3-10(9-17-14)8-12(15(18)19)13(20)5-4-11-2-1-7-21-11/h3,6,9,11-13,20H,1-2,4-5,7-8H2,(H2,16,17)(H,18,19). The molecule has 1 saturated heterocycles. The number of carboxylic acids is 1. The van der Waals surface area contributed by atoms with Crippen LogP contribution in [0.2, 0.25) is 0 Å². The van der Waals surface area contributed by atoms with Gasteiger partial charge in [0.15, 0.2) is 0 Å². The fourth-order valence-corrected chi connectivity index (χ4v) is 4.31. The van der Waals surface area contributed by atoms with Crippen molar-refractivity contribution in [3.63, 3.8) is 0 Å². The highest BCUT2D eigenvalue weighted by Gasteiger charge is 2.27. The molecule has 0 spiro atoms. The molecule has 3 unspecified atom stereocenters. The molecule has 1 aliphatic rings. The second-order valence-corrected chi connectivity index (χ2v) is 7.59. The first-order valence-corrected chi connectivity index (χ1v) is 8.85. The Hall–Kier alpha value is -0.880. The summed E-state index contributed by atoms with van der Waals surface area (Å²) < 4.78 is 0. The zero-order valence-corrected chi connectivity index (χ0v) is 13.7. The normalized spacial score (nSPS) is 21.1. The third kappa shape index (κ3) is 5.11. The van der Waals surface area contributed by atoms with Crippen LogP contribution in [0.4, 0.5) is 5.82 Å². The van der Waals surface area contributed by atoms with Gasteiger partial charge in [0.1, 0.15) is 5.82 Å². The van der Waals surface area contributed by atoms with Gasteiger partial charge in [-0.25, -0.2) is 4.98 Å². The van der Waals surface area contributed by atoms with Crippen molar-refractivity contribution in [1.29, 1.82) is 0 Å². The molecule has 0 aromatic carbocycles. The molecule has 2 rings (SSSR count). The van der Waals surface area contributed by atoms with Crippen LogP contribution in [-0.2, 0) is 11.2 Å². The van der Waals surface area contributed by atoms with Crippen LogP contribution < -0.4 is 5.73 Å². The van der Waals surface area contributed by atoms with Gasteiger partial charge in [-0.05, 0) is 49.5 Å². The molecular weight excluding hydrogens is 304 g/mol. The summed E-state index contributed by atoms with van der Waals surface area (Å²) in [6.45, 7) is 0. The van der Waals surface area contributed by atoms with E-state index in [1.54, 1.807) is 12.3 Å². The van der Waals surface area contributed by atoms with Crippen LogP contribution >= 0.6 is 24.4 Å². The molecule has 116 valence electrons. The molecule has 0 bridgehead atoms. The summed E-state index contributed by atoms with van der Waals surface area (Å²) in [7, 11) is 0. The second kappa shape index (κ2) is 7.94. The van der Waals surface area contributed by atoms with Crippen LogP contribution in [0.1, 0.15) is 31.2 Å². The number of carboxylic acid groups (broad SMARTS) is 1. The van der Waals surface area contributed by atoms with Gasteiger partial charge in [0.05, 0.1) is 5.92 Å². The van der Waals surface area contributed by atoms with Crippen LogP contribution in [0.15, 0.2) is 18.3 Å². The van der Waals surface area contributed by atoms with Crippen LogP contribution in [0.3, 0.4) is 0 Å². The number of hydrogen-bond donors (Lipinski definition) is 3. The van der Waals surface area contributed by atoms with Gasteiger partial charge in [-0.2, -0.15) is 24.4 Å². The summed E-state index contributed by atoms with van der Waals surface area (Å²) in [5.74, 6) is 0.420. The van der Waals surface area contributed by atoms with Gasteiger partial charge in [-0.15, -0.1) is 0 Å². The molecule has 1 aliphatic heterocycles.